The molecule has 1 aromatic carbocycles. The van der Waals surface area contributed by atoms with Crippen molar-refractivity contribution >= 4 is 17.4 Å². The summed E-state index contributed by atoms with van der Waals surface area (Å²) >= 11 is 0. The Balaban J connectivity index is 2.02. The summed E-state index contributed by atoms with van der Waals surface area (Å²) in [4.78, 5) is 17.2. The number of carbonyl (C=O) groups is 1. The van der Waals surface area contributed by atoms with Gasteiger partial charge in [0.1, 0.15) is 22.9 Å². The number of nitrogens with one attached hydrogen (secondary N) is 1. The van der Waals surface area contributed by atoms with Crippen molar-refractivity contribution in [3.63, 3.8) is 0 Å². The molecule has 0 fully saturated rings. The van der Waals surface area contributed by atoms with E-state index in [2.05, 4.69) is 36.2 Å². The van der Waals surface area contributed by atoms with Crippen molar-refractivity contribution in [2.24, 2.45) is 0 Å². The summed E-state index contributed by atoms with van der Waals surface area (Å²) in [5.41, 5.74) is 1.76. The molecule has 0 aliphatic heterocycles. The van der Waals surface area contributed by atoms with Gasteiger partial charge in [0.15, 0.2) is 5.65 Å². The van der Waals surface area contributed by atoms with Crippen LogP contribution in [0.25, 0.3) is 5.65 Å². The van der Waals surface area contributed by atoms with Crippen LogP contribution < -0.4 is 14.8 Å². The van der Waals surface area contributed by atoms with Crippen LogP contribution in [0.5, 0.6) is 11.5 Å². The van der Waals surface area contributed by atoms with Crippen LogP contribution in [0.2, 0.25) is 0 Å². The zero-order chi connectivity index (χ0) is 18.9. The van der Waals surface area contributed by atoms with Gasteiger partial charge in [-0.05, 0) is 18.2 Å². The van der Waals surface area contributed by atoms with E-state index in [1.165, 1.54) is 14.2 Å². The first-order valence-corrected chi connectivity index (χ1v) is 8.22. The van der Waals surface area contributed by atoms with Crippen LogP contribution in [0.4, 0.5) is 5.82 Å². The van der Waals surface area contributed by atoms with Crippen LogP contribution in [0.3, 0.4) is 0 Å². The highest BCUT2D eigenvalue weighted by Gasteiger charge is 2.22. The lowest BCUT2D eigenvalue weighted by molar-refractivity contribution is 0.102. The molecular weight excluding hydrogens is 332 g/mol. The molecule has 26 heavy (non-hydrogen) atoms. The lowest BCUT2D eigenvalue weighted by atomic mass is 9.93. The number of methoxy groups -OCH3 is 2. The third-order valence-corrected chi connectivity index (χ3v) is 4.02. The summed E-state index contributed by atoms with van der Waals surface area (Å²) in [6.07, 6.45) is 1.64. The highest BCUT2D eigenvalue weighted by molar-refractivity contribution is 6.08. The predicted octanol–water partition coefficient (Wildman–Crippen LogP) is 3.30. The average Bonchev–Trinajstić information content (AvgIpc) is 3.06. The van der Waals surface area contributed by atoms with Crippen LogP contribution in [0.15, 0.2) is 36.5 Å². The molecule has 7 heteroatoms. The Kier molecular flexibility index (Phi) is 4.54. The van der Waals surface area contributed by atoms with Gasteiger partial charge < -0.3 is 14.8 Å². The van der Waals surface area contributed by atoms with Crippen molar-refractivity contribution in [1.29, 1.82) is 0 Å². The van der Waals surface area contributed by atoms with E-state index in [-0.39, 0.29) is 11.3 Å². The Morgan fingerprint density at radius 2 is 1.77 bits per heavy atom. The van der Waals surface area contributed by atoms with E-state index in [1.54, 1.807) is 35.0 Å². The Hall–Kier alpha value is -3.09. The Labute approximate surface area is 152 Å². The van der Waals surface area contributed by atoms with E-state index >= 15 is 0 Å². The molecule has 3 aromatic rings. The highest BCUT2D eigenvalue weighted by atomic mass is 16.5. The van der Waals surface area contributed by atoms with Gasteiger partial charge in [0.05, 0.1) is 19.9 Å². The molecule has 0 bridgehead atoms. The second-order valence-corrected chi connectivity index (χ2v) is 6.87. The first kappa shape index (κ1) is 17.7. The number of benzene rings is 1. The van der Waals surface area contributed by atoms with Crippen molar-refractivity contribution < 1.29 is 14.3 Å². The minimum atomic E-state index is -0.348. The van der Waals surface area contributed by atoms with Gasteiger partial charge in [-0.2, -0.15) is 9.61 Å². The van der Waals surface area contributed by atoms with Crippen LogP contribution in [-0.2, 0) is 5.41 Å². The maximum atomic E-state index is 12.9. The SMILES string of the molecule is COc1cccc(OC)c1C(=O)Nc1ccnc2cc(C(C)(C)C)nn12. The summed E-state index contributed by atoms with van der Waals surface area (Å²) in [7, 11) is 3.03. The molecule has 3 rings (SSSR count). The third kappa shape index (κ3) is 3.20. The summed E-state index contributed by atoms with van der Waals surface area (Å²) in [5.74, 6) is 1.04. The number of carbonyl (C=O) groups excluding carboxylic acids is 1. The van der Waals surface area contributed by atoms with Crippen molar-refractivity contribution in [2.75, 3.05) is 19.5 Å². The standard InChI is InChI=1S/C19H22N4O3/c1-19(2,3)14-11-16-20-10-9-15(23(16)22-14)21-18(24)17-12(25-4)7-6-8-13(17)26-5/h6-11H,1-5H3,(H,21,24). The Morgan fingerprint density at radius 3 is 2.35 bits per heavy atom. The maximum absolute atomic E-state index is 12.9. The molecule has 0 atom stereocenters. The van der Waals surface area contributed by atoms with Gasteiger partial charge in [0.2, 0.25) is 0 Å². The number of hydrogen-bond donors (Lipinski definition) is 1. The smallest absolute Gasteiger partial charge is 0.264 e. The van der Waals surface area contributed by atoms with Crippen molar-refractivity contribution in [1.82, 2.24) is 14.6 Å². The second-order valence-electron chi connectivity index (χ2n) is 6.87. The first-order valence-electron chi connectivity index (χ1n) is 8.22. The zero-order valence-corrected chi connectivity index (χ0v) is 15.5. The molecule has 0 radical (unpaired) electrons. The molecule has 0 unspecified atom stereocenters. The molecule has 0 aliphatic rings. The number of hydrogen-bond acceptors (Lipinski definition) is 5. The van der Waals surface area contributed by atoms with Crippen LogP contribution in [0, 0.1) is 0 Å². The van der Waals surface area contributed by atoms with E-state index in [4.69, 9.17) is 9.47 Å². The van der Waals surface area contributed by atoms with Crippen LogP contribution in [0.1, 0.15) is 36.8 Å². The Morgan fingerprint density at radius 1 is 1.12 bits per heavy atom. The maximum Gasteiger partial charge on any atom is 0.264 e. The predicted molar refractivity (Wildman–Crippen MR) is 99.2 cm³/mol. The zero-order valence-electron chi connectivity index (χ0n) is 15.5. The number of anilines is 1. The molecule has 0 saturated heterocycles. The fourth-order valence-electron chi connectivity index (χ4n) is 2.61. The number of fused-ring (bicyclic) bond motifs is 1. The third-order valence-electron chi connectivity index (χ3n) is 4.02. The van der Waals surface area contributed by atoms with E-state index in [1.807, 2.05) is 6.07 Å². The van der Waals surface area contributed by atoms with Gasteiger partial charge in [-0.15, -0.1) is 0 Å². The number of amides is 1. The van der Waals surface area contributed by atoms with E-state index in [0.717, 1.165) is 5.69 Å². The second kappa shape index (κ2) is 6.67. The van der Waals surface area contributed by atoms with Gasteiger partial charge in [-0.1, -0.05) is 26.8 Å². The number of nitrogens with zero attached hydrogens (tertiary/aromatic N) is 3. The molecule has 136 valence electrons. The summed E-state index contributed by atoms with van der Waals surface area (Å²) in [6, 6.07) is 8.81. The molecular formula is C19H22N4O3. The van der Waals surface area contributed by atoms with Gasteiger partial charge in [-0.25, -0.2) is 4.98 Å². The normalized spacial score (nSPS) is 11.4. The molecule has 0 spiro atoms. The van der Waals surface area contributed by atoms with Crippen molar-refractivity contribution in [2.45, 2.75) is 26.2 Å². The number of ether oxygens (including phenoxy) is 2. The number of aromatic nitrogens is 3. The molecule has 2 aromatic heterocycles. The quantitative estimate of drug-likeness (QED) is 0.778. The van der Waals surface area contributed by atoms with Gasteiger partial charge >= 0.3 is 0 Å². The molecule has 2 heterocycles. The van der Waals surface area contributed by atoms with Gasteiger partial charge in [-0.3, -0.25) is 4.79 Å². The monoisotopic (exact) mass is 354 g/mol. The Bertz CT molecular complexity index is 935. The summed E-state index contributed by atoms with van der Waals surface area (Å²) < 4.78 is 12.2. The van der Waals surface area contributed by atoms with Gasteiger partial charge in [0.25, 0.3) is 5.91 Å². The minimum Gasteiger partial charge on any atom is -0.496 e. The topological polar surface area (TPSA) is 77.8 Å². The van der Waals surface area contributed by atoms with Crippen molar-refractivity contribution in [3.05, 3.63) is 47.8 Å². The van der Waals surface area contributed by atoms with E-state index < -0.39 is 0 Å². The van der Waals surface area contributed by atoms with Crippen molar-refractivity contribution in [3.8, 4) is 11.5 Å². The fraction of sp³-hybridized carbons (Fsp3) is 0.316. The van der Waals surface area contributed by atoms with Crippen LogP contribution >= 0.6 is 0 Å². The summed E-state index contributed by atoms with van der Waals surface area (Å²) in [5, 5.41) is 7.47. The lowest BCUT2D eigenvalue weighted by Gasteiger charge is -2.14. The first-order chi connectivity index (χ1) is 12.3. The van der Waals surface area contributed by atoms with Crippen LogP contribution in [-0.4, -0.2) is 34.7 Å². The molecule has 7 nitrogen and oxygen atoms in total. The van der Waals surface area contributed by atoms with E-state index in [0.29, 0.717) is 28.5 Å². The minimum absolute atomic E-state index is 0.124. The number of rotatable bonds is 4. The van der Waals surface area contributed by atoms with Gasteiger partial charge in [0, 0.05) is 17.7 Å². The fourth-order valence-corrected chi connectivity index (χ4v) is 2.61. The molecule has 0 aliphatic carbocycles. The molecule has 1 amide bonds. The lowest BCUT2D eigenvalue weighted by Crippen LogP contribution is -2.17. The average molecular weight is 354 g/mol. The summed E-state index contributed by atoms with van der Waals surface area (Å²) in [6.45, 7) is 6.23. The molecule has 1 N–H and O–H groups in total. The molecule has 0 saturated carbocycles. The highest BCUT2D eigenvalue weighted by Crippen LogP contribution is 2.29. The van der Waals surface area contributed by atoms with E-state index in [9.17, 15) is 4.79 Å². The largest absolute Gasteiger partial charge is 0.496 e.